The van der Waals surface area contributed by atoms with Crippen molar-refractivity contribution < 1.29 is 80.2 Å². The minimum Gasteiger partial charge on any atom is -0.462 e. The molecule has 0 saturated carbocycles. The van der Waals surface area contributed by atoms with Gasteiger partial charge in [0.05, 0.1) is 26.4 Å². The first kappa shape index (κ1) is 110. The molecule has 19 heteroatoms. The lowest BCUT2D eigenvalue weighted by Crippen LogP contribution is -2.30. The second-order valence-corrected chi connectivity index (χ2v) is 37.5. The van der Waals surface area contributed by atoms with E-state index < -0.39 is 97.5 Å². The highest BCUT2D eigenvalue weighted by Gasteiger charge is 2.31. The Labute approximate surface area is 689 Å². The van der Waals surface area contributed by atoms with Gasteiger partial charge in [-0.3, -0.25) is 37.3 Å². The van der Waals surface area contributed by atoms with E-state index in [-0.39, 0.29) is 25.7 Å². The van der Waals surface area contributed by atoms with Crippen molar-refractivity contribution in [2.45, 2.75) is 516 Å². The Morgan fingerprint density at radius 3 is 0.679 bits per heavy atom. The maximum Gasteiger partial charge on any atom is 0.472 e. The monoisotopic (exact) mass is 1630 g/mol. The van der Waals surface area contributed by atoms with Crippen LogP contribution in [0.1, 0.15) is 498 Å². The summed E-state index contributed by atoms with van der Waals surface area (Å²) in [5.74, 6) is 0.399. The average Bonchev–Trinajstić information content (AvgIpc) is 0.895. The zero-order chi connectivity index (χ0) is 82.2. The minimum atomic E-state index is -4.97. The van der Waals surface area contributed by atoms with Gasteiger partial charge in [-0.1, -0.05) is 447 Å². The van der Waals surface area contributed by atoms with Crippen LogP contribution in [-0.4, -0.2) is 96.7 Å². The van der Waals surface area contributed by atoms with Crippen molar-refractivity contribution in [1.82, 2.24) is 0 Å². The summed E-state index contributed by atoms with van der Waals surface area (Å²) < 4.78 is 69.1. The predicted octanol–water partition coefficient (Wildman–Crippen LogP) is 28.8. The lowest BCUT2D eigenvalue weighted by Gasteiger charge is -2.21. The quantitative estimate of drug-likeness (QED) is 0.0222. The Morgan fingerprint density at radius 2 is 0.455 bits per heavy atom. The smallest absolute Gasteiger partial charge is 0.462 e. The van der Waals surface area contributed by atoms with E-state index in [4.69, 9.17) is 37.0 Å². The third-order valence-electron chi connectivity index (χ3n) is 22.2. The van der Waals surface area contributed by atoms with Crippen molar-refractivity contribution in [2.75, 3.05) is 39.6 Å². The molecule has 0 aliphatic heterocycles. The fourth-order valence-corrected chi connectivity index (χ4v) is 16.2. The second kappa shape index (κ2) is 82.7. The fraction of sp³-hybridized carbons (Fsp3) is 0.957. The van der Waals surface area contributed by atoms with E-state index in [1.807, 2.05) is 0 Å². The van der Waals surface area contributed by atoms with Gasteiger partial charge in [-0.25, -0.2) is 9.13 Å². The number of phosphoric ester groups is 2. The normalized spacial score (nSPS) is 14.0. The molecule has 0 aromatic carbocycles. The molecule has 0 aliphatic carbocycles. The maximum absolute atomic E-state index is 13.2. The zero-order valence-corrected chi connectivity index (χ0v) is 75.9. The predicted molar refractivity (Wildman–Crippen MR) is 465 cm³/mol. The summed E-state index contributed by atoms with van der Waals surface area (Å²) in [7, 11) is -9.94. The molecule has 0 heterocycles. The van der Waals surface area contributed by atoms with Crippen LogP contribution in [0.3, 0.4) is 0 Å². The first-order chi connectivity index (χ1) is 54.3. The molecule has 3 unspecified atom stereocenters. The number of phosphoric acid groups is 2. The number of aliphatic hydroxyl groups is 1. The summed E-state index contributed by atoms with van der Waals surface area (Å²) in [6.45, 7) is 12.2. The first-order valence-electron chi connectivity index (χ1n) is 47.9. The largest absolute Gasteiger partial charge is 0.472 e. The third kappa shape index (κ3) is 84.5. The van der Waals surface area contributed by atoms with Gasteiger partial charge in [-0.05, 0) is 43.4 Å². The highest BCUT2D eigenvalue weighted by atomic mass is 31.2. The number of hydrogen-bond donors (Lipinski definition) is 3. The molecule has 666 valence electrons. The Bertz CT molecular complexity index is 2150. The van der Waals surface area contributed by atoms with E-state index in [0.29, 0.717) is 25.7 Å². The van der Waals surface area contributed by atoms with Gasteiger partial charge < -0.3 is 33.8 Å². The van der Waals surface area contributed by atoms with Crippen molar-refractivity contribution in [3.05, 3.63) is 0 Å². The van der Waals surface area contributed by atoms with E-state index >= 15 is 0 Å². The Balaban J connectivity index is 5.25. The van der Waals surface area contributed by atoms with Gasteiger partial charge in [0.1, 0.15) is 19.3 Å². The molecule has 0 amide bonds. The van der Waals surface area contributed by atoms with Crippen LogP contribution >= 0.6 is 15.6 Å². The summed E-state index contributed by atoms with van der Waals surface area (Å²) in [4.78, 5) is 73.5. The SMILES string of the molecule is CCCCCCCCCCCCCCC(=O)OC[C@H](COP(=O)(O)OC[C@H](O)COP(=O)(O)OC[C@@H](COC(=O)CCCCCCCCCCCCCCCCCCC(C)C)OC(=O)CCCCCCCCCCCCCCCCCCCCC(C)CC)OC(=O)CCCCCCCCCCCCCCCCCCC(C)C. The fourth-order valence-electron chi connectivity index (χ4n) is 14.6. The summed E-state index contributed by atoms with van der Waals surface area (Å²) in [5, 5.41) is 10.7. The molecule has 0 saturated heterocycles. The van der Waals surface area contributed by atoms with Gasteiger partial charge in [0.15, 0.2) is 12.2 Å². The average molecular weight is 1630 g/mol. The second-order valence-electron chi connectivity index (χ2n) is 34.6. The number of carbonyl (C=O) groups is 4. The van der Waals surface area contributed by atoms with Crippen LogP contribution in [0.5, 0.6) is 0 Å². The number of aliphatic hydroxyl groups excluding tert-OH is 1. The van der Waals surface area contributed by atoms with Crippen LogP contribution in [0, 0.1) is 17.8 Å². The standard InChI is InChI=1S/C93H182O17P2/c1-8-10-11-12-13-14-15-39-46-53-60-67-74-90(95)103-80-88(109-93(98)77-70-63-56-49-42-35-29-23-21-25-31-37-44-51-58-65-72-85(5)6)82-107-111(99,100)105-78-87(94)79-106-112(101,102)108-83-89(81-104-91(96)75-68-61-54-47-40-33-27-22-20-24-30-36-43-50-57-64-71-84(3)4)110-92(97)76-69-62-55-48-41-34-28-19-17-16-18-26-32-38-45-52-59-66-73-86(7)9-2/h84-89,94H,8-83H2,1-7H3,(H,99,100)(H,101,102)/t86?,87-,88+,89+/m0/s1. The molecule has 6 atom stereocenters. The number of rotatable bonds is 91. The Morgan fingerprint density at radius 1 is 0.259 bits per heavy atom. The summed E-state index contributed by atoms with van der Waals surface area (Å²) >= 11 is 0. The molecule has 0 spiro atoms. The summed E-state index contributed by atoms with van der Waals surface area (Å²) in [6, 6.07) is 0. The Hall–Kier alpha value is -1.94. The topological polar surface area (TPSA) is 237 Å². The summed E-state index contributed by atoms with van der Waals surface area (Å²) in [5.41, 5.74) is 0. The number of unbranched alkanes of at least 4 members (excludes halogenated alkanes) is 58. The number of carbonyl (C=O) groups excluding carboxylic acids is 4. The summed E-state index contributed by atoms with van der Waals surface area (Å²) in [6.07, 6.45) is 76.3. The van der Waals surface area contributed by atoms with E-state index in [1.165, 1.54) is 308 Å². The molecule has 0 aromatic rings. The molecular weight excluding hydrogens is 1450 g/mol. The van der Waals surface area contributed by atoms with Gasteiger partial charge in [0.2, 0.25) is 0 Å². The molecule has 0 fully saturated rings. The van der Waals surface area contributed by atoms with E-state index in [1.54, 1.807) is 0 Å². The van der Waals surface area contributed by atoms with Crippen LogP contribution in [0.2, 0.25) is 0 Å². The Kier molecular flexibility index (Phi) is 81.3. The van der Waals surface area contributed by atoms with Crippen molar-refractivity contribution in [3.63, 3.8) is 0 Å². The van der Waals surface area contributed by atoms with Crippen LogP contribution in [0.15, 0.2) is 0 Å². The van der Waals surface area contributed by atoms with Crippen molar-refractivity contribution in [2.24, 2.45) is 17.8 Å². The molecule has 17 nitrogen and oxygen atoms in total. The molecule has 0 bridgehead atoms. The van der Waals surface area contributed by atoms with Crippen LogP contribution in [-0.2, 0) is 65.4 Å². The lowest BCUT2D eigenvalue weighted by atomic mass is 9.99. The molecule has 0 rings (SSSR count). The molecule has 0 radical (unpaired) electrons. The van der Waals surface area contributed by atoms with E-state index in [2.05, 4.69) is 48.5 Å². The maximum atomic E-state index is 13.2. The van der Waals surface area contributed by atoms with Crippen LogP contribution < -0.4 is 0 Å². The third-order valence-corrected chi connectivity index (χ3v) is 24.1. The van der Waals surface area contributed by atoms with Gasteiger partial charge in [-0.2, -0.15) is 0 Å². The van der Waals surface area contributed by atoms with Gasteiger partial charge >= 0.3 is 39.5 Å². The highest BCUT2D eigenvalue weighted by molar-refractivity contribution is 7.47. The number of esters is 4. The molecule has 3 N–H and O–H groups in total. The van der Waals surface area contributed by atoms with Gasteiger partial charge in [-0.15, -0.1) is 0 Å². The molecule has 0 aliphatic rings. The van der Waals surface area contributed by atoms with Crippen molar-refractivity contribution in [1.29, 1.82) is 0 Å². The van der Waals surface area contributed by atoms with Crippen LogP contribution in [0.25, 0.3) is 0 Å². The van der Waals surface area contributed by atoms with Gasteiger partial charge in [0, 0.05) is 25.7 Å². The molecule has 0 aromatic heterocycles. The van der Waals surface area contributed by atoms with Gasteiger partial charge in [0.25, 0.3) is 0 Å². The van der Waals surface area contributed by atoms with E-state index in [9.17, 15) is 43.2 Å². The zero-order valence-electron chi connectivity index (χ0n) is 74.2. The minimum absolute atomic E-state index is 0.108. The van der Waals surface area contributed by atoms with Crippen LogP contribution in [0.4, 0.5) is 0 Å². The number of hydrogen-bond acceptors (Lipinski definition) is 15. The molecular formula is C93H182O17P2. The molecule has 112 heavy (non-hydrogen) atoms. The number of ether oxygens (including phenoxy) is 4. The van der Waals surface area contributed by atoms with Crippen molar-refractivity contribution >= 4 is 39.5 Å². The van der Waals surface area contributed by atoms with E-state index in [0.717, 1.165) is 108 Å². The highest BCUT2D eigenvalue weighted by Crippen LogP contribution is 2.45. The lowest BCUT2D eigenvalue weighted by molar-refractivity contribution is -0.161. The first-order valence-corrected chi connectivity index (χ1v) is 50.9. The van der Waals surface area contributed by atoms with Crippen molar-refractivity contribution in [3.8, 4) is 0 Å².